The summed E-state index contributed by atoms with van der Waals surface area (Å²) in [5, 5.41) is 11.8. The molecule has 1 aromatic carbocycles. The molecule has 0 radical (unpaired) electrons. The molecular weight excluding hydrogens is 397 g/mol. The molecule has 0 aliphatic rings. The molecular formula is C19H20FN5OS2. The van der Waals surface area contributed by atoms with Crippen LogP contribution in [-0.2, 0) is 11.3 Å². The molecule has 1 amide bonds. The van der Waals surface area contributed by atoms with E-state index in [9.17, 15) is 9.18 Å². The van der Waals surface area contributed by atoms with Crippen LogP contribution < -0.4 is 5.32 Å². The molecule has 0 unspecified atom stereocenters. The predicted molar refractivity (Wildman–Crippen MR) is 111 cm³/mol. The highest BCUT2D eigenvalue weighted by Gasteiger charge is 2.22. The van der Waals surface area contributed by atoms with E-state index in [0.29, 0.717) is 28.2 Å². The third kappa shape index (κ3) is 4.31. The number of nitrogens with zero attached hydrogens (tertiary/aromatic N) is 4. The molecule has 1 atom stereocenters. The third-order valence-electron chi connectivity index (χ3n) is 4.05. The Balaban J connectivity index is 1.80. The molecule has 3 rings (SSSR count). The number of nitrogens with one attached hydrogen (secondary N) is 1. The summed E-state index contributed by atoms with van der Waals surface area (Å²) in [6, 6.07) is 6.39. The van der Waals surface area contributed by atoms with Crippen LogP contribution >= 0.6 is 23.1 Å². The molecule has 2 heterocycles. The molecule has 9 heteroatoms. The van der Waals surface area contributed by atoms with E-state index in [1.807, 2.05) is 13.8 Å². The molecule has 146 valence electrons. The molecule has 3 aromatic rings. The number of halogens is 1. The number of hydrogen-bond acceptors (Lipinski definition) is 6. The first-order valence-electron chi connectivity index (χ1n) is 8.61. The summed E-state index contributed by atoms with van der Waals surface area (Å²) in [5.41, 5.74) is 1.26. The fourth-order valence-corrected chi connectivity index (χ4v) is 4.13. The second-order valence-corrected chi connectivity index (χ2v) is 8.61. The van der Waals surface area contributed by atoms with E-state index in [-0.39, 0.29) is 11.7 Å². The van der Waals surface area contributed by atoms with Crippen LogP contribution in [0.4, 0.5) is 9.52 Å². The topological polar surface area (TPSA) is 72.7 Å². The fourth-order valence-electron chi connectivity index (χ4n) is 2.46. The third-order valence-corrected chi connectivity index (χ3v) is 6.12. The van der Waals surface area contributed by atoms with Crippen LogP contribution in [0.3, 0.4) is 0 Å². The van der Waals surface area contributed by atoms with Gasteiger partial charge in [-0.3, -0.25) is 9.36 Å². The molecule has 0 spiro atoms. The van der Waals surface area contributed by atoms with Crippen LogP contribution in [0.15, 0.2) is 42.1 Å². The van der Waals surface area contributed by atoms with Gasteiger partial charge in [0.1, 0.15) is 5.82 Å². The van der Waals surface area contributed by atoms with Crippen molar-refractivity contribution in [2.24, 2.45) is 0 Å². The molecule has 0 aliphatic heterocycles. The summed E-state index contributed by atoms with van der Waals surface area (Å²) in [6.07, 6.45) is 1.68. The number of thioether (sulfide) groups is 1. The van der Waals surface area contributed by atoms with Crippen molar-refractivity contribution in [3.8, 4) is 11.4 Å². The number of thiazole rings is 1. The summed E-state index contributed by atoms with van der Waals surface area (Å²) in [4.78, 5) is 17.9. The van der Waals surface area contributed by atoms with Gasteiger partial charge in [-0.1, -0.05) is 30.0 Å². The first-order chi connectivity index (χ1) is 13.4. The van der Waals surface area contributed by atoms with E-state index >= 15 is 0 Å². The first kappa shape index (κ1) is 20.2. The number of hydrogen-bond donors (Lipinski definition) is 1. The van der Waals surface area contributed by atoms with Crippen LogP contribution in [0.5, 0.6) is 0 Å². The Hall–Kier alpha value is -2.52. The number of anilines is 1. The van der Waals surface area contributed by atoms with Gasteiger partial charge >= 0.3 is 0 Å². The number of carbonyl (C=O) groups excluding carboxylic acids is 1. The molecule has 0 aliphatic carbocycles. The number of carbonyl (C=O) groups is 1. The Kier molecular flexibility index (Phi) is 6.25. The zero-order chi connectivity index (χ0) is 20.3. The molecule has 0 bridgehead atoms. The SMILES string of the molecule is C=CCn1c(S[C@@H](C)C(=O)Nc2nc(C)c(C)s2)nnc1-c1ccccc1F. The van der Waals surface area contributed by atoms with Gasteiger partial charge in [0.05, 0.1) is 16.5 Å². The van der Waals surface area contributed by atoms with Crippen molar-refractivity contribution < 1.29 is 9.18 Å². The van der Waals surface area contributed by atoms with Crippen molar-refractivity contribution in [1.82, 2.24) is 19.7 Å². The Morgan fingerprint density at radius 2 is 2.14 bits per heavy atom. The molecule has 28 heavy (non-hydrogen) atoms. The van der Waals surface area contributed by atoms with Crippen LogP contribution in [-0.4, -0.2) is 30.9 Å². The fraction of sp³-hybridized carbons (Fsp3) is 0.263. The molecule has 0 fully saturated rings. The van der Waals surface area contributed by atoms with Gasteiger partial charge in [0.2, 0.25) is 5.91 Å². The normalized spacial score (nSPS) is 12.0. The highest BCUT2D eigenvalue weighted by atomic mass is 32.2. The highest BCUT2D eigenvalue weighted by molar-refractivity contribution is 8.00. The van der Waals surface area contributed by atoms with Gasteiger partial charge in [-0.2, -0.15) is 0 Å². The maximum absolute atomic E-state index is 14.2. The molecule has 6 nitrogen and oxygen atoms in total. The zero-order valence-corrected chi connectivity index (χ0v) is 17.4. The number of aromatic nitrogens is 4. The van der Waals surface area contributed by atoms with Crippen molar-refractivity contribution in [2.45, 2.75) is 37.7 Å². The molecule has 1 N–H and O–H groups in total. The standard InChI is InChI=1S/C19H20FN5OS2/c1-5-10-25-16(14-8-6-7-9-15(14)20)23-24-19(25)28-13(4)17(26)22-18-21-11(2)12(3)27-18/h5-9,13H,1,10H2,2-4H3,(H,21,22,26)/t13-/m0/s1. The maximum Gasteiger partial charge on any atom is 0.239 e. The minimum absolute atomic E-state index is 0.181. The Morgan fingerprint density at radius 1 is 1.39 bits per heavy atom. The van der Waals surface area contributed by atoms with E-state index in [1.165, 1.54) is 29.2 Å². The van der Waals surface area contributed by atoms with E-state index in [4.69, 9.17) is 0 Å². The Labute approximate surface area is 170 Å². The second kappa shape index (κ2) is 8.66. The average molecular weight is 418 g/mol. The van der Waals surface area contributed by atoms with Crippen LogP contribution in [0.25, 0.3) is 11.4 Å². The number of benzene rings is 1. The van der Waals surface area contributed by atoms with Gasteiger partial charge < -0.3 is 5.32 Å². The predicted octanol–water partition coefficient (Wildman–Crippen LogP) is 4.46. The van der Waals surface area contributed by atoms with Crippen molar-refractivity contribution in [2.75, 3.05) is 5.32 Å². The smallest absolute Gasteiger partial charge is 0.239 e. The summed E-state index contributed by atoms with van der Waals surface area (Å²) < 4.78 is 15.9. The lowest BCUT2D eigenvalue weighted by atomic mass is 10.2. The Morgan fingerprint density at radius 3 is 2.79 bits per heavy atom. The number of allylic oxidation sites excluding steroid dienone is 1. The molecule has 0 saturated heterocycles. The number of amides is 1. The lowest BCUT2D eigenvalue weighted by Gasteiger charge is -2.12. The van der Waals surface area contributed by atoms with Crippen LogP contribution in [0.1, 0.15) is 17.5 Å². The van der Waals surface area contributed by atoms with E-state index < -0.39 is 5.25 Å². The summed E-state index contributed by atoms with van der Waals surface area (Å²) in [7, 11) is 0. The summed E-state index contributed by atoms with van der Waals surface area (Å²) >= 11 is 2.69. The Bertz CT molecular complexity index is 994. The van der Waals surface area contributed by atoms with Crippen molar-refractivity contribution in [1.29, 1.82) is 0 Å². The number of aryl methyl sites for hydroxylation is 2. The minimum atomic E-state index is -0.439. The zero-order valence-electron chi connectivity index (χ0n) is 15.8. The lowest BCUT2D eigenvalue weighted by Crippen LogP contribution is -2.22. The molecule has 2 aromatic heterocycles. The van der Waals surface area contributed by atoms with Gasteiger partial charge in [0.25, 0.3) is 0 Å². The van der Waals surface area contributed by atoms with Gasteiger partial charge in [-0.05, 0) is 32.9 Å². The van der Waals surface area contributed by atoms with Crippen molar-refractivity contribution >= 4 is 34.1 Å². The van der Waals surface area contributed by atoms with Crippen LogP contribution in [0.2, 0.25) is 0 Å². The van der Waals surface area contributed by atoms with Crippen molar-refractivity contribution in [3.63, 3.8) is 0 Å². The van der Waals surface area contributed by atoms with Gasteiger partial charge in [0, 0.05) is 11.4 Å². The second-order valence-electron chi connectivity index (χ2n) is 6.10. The maximum atomic E-state index is 14.2. The largest absolute Gasteiger partial charge is 0.301 e. The quantitative estimate of drug-likeness (QED) is 0.454. The van der Waals surface area contributed by atoms with Gasteiger partial charge in [-0.25, -0.2) is 9.37 Å². The molecule has 0 saturated carbocycles. The van der Waals surface area contributed by atoms with Crippen LogP contribution in [0, 0.1) is 19.7 Å². The summed E-state index contributed by atoms with van der Waals surface area (Å²) in [6.45, 7) is 9.80. The van der Waals surface area contributed by atoms with E-state index in [1.54, 1.807) is 35.8 Å². The van der Waals surface area contributed by atoms with Gasteiger partial charge in [0.15, 0.2) is 16.1 Å². The van der Waals surface area contributed by atoms with E-state index in [2.05, 4.69) is 27.1 Å². The highest BCUT2D eigenvalue weighted by Crippen LogP contribution is 2.29. The van der Waals surface area contributed by atoms with Gasteiger partial charge in [-0.15, -0.1) is 28.1 Å². The lowest BCUT2D eigenvalue weighted by molar-refractivity contribution is -0.115. The average Bonchev–Trinajstić information content (AvgIpc) is 3.19. The minimum Gasteiger partial charge on any atom is -0.301 e. The first-order valence-corrected chi connectivity index (χ1v) is 10.3. The summed E-state index contributed by atoms with van der Waals surface area (Å²) in [5.74, 6) is -0.157. The van der Waals surface area contributed by atoms with E-state index in [0.717, 1.165) is 10.6 Å². The monoisotopic (exact) mass is 417 g/mol. The number of rotatable bonds is 7. The van der Waals surface area contributed by atoms with Crippen molar-refractivity contribution in [3.05, 3.63) is 53.3 Å².